The molecule has 32 heavy (non-hydrogen) atoms. The van der Waals surface area contributed by atoms with E-state index in [1.807, 2.05) is 19.9 Å². The molecule has 0 saturated carbocycles. The SMILES string of the molecule is C=C(/C(F)=c1/c(-c2nc3ncccc3[nH]2)n[nH]/c1=C/C)c1cncc(NC(=C)C(C)C)c1. The van der Waals surface area contributed by atoms with Crippen molar-refractivity contribution >= 4 is 34.3 Å². The van der Waals surface area contributed by atoms with E-state index in [2.05, 4.69) is 48.6 Å². The number of pyridine rings is 2. The fourth-order valence-electron chi connectivity index (χ4n) is 3.20. The van der Waals surface area contributed by atoms with E-state index in [4.69, 9.17) is 0 Å². The molecule has 0 amide bonds. The van der Waals surface area contributed by atoms with Crippen molar-refractivity contribution in [3.8, 4) is 11.5 Å². The van der Waals surface area contributed by atoms with Gasteiger partial charge in [0.05, 0.1) is 28.0 Å². The number of anilines is 1. The maximum Gasteiger partial charge on any atom is 0.178 e. The molecule has 0 radical (unpaired) electrons. The Balaban J connectivity index is 1.81. The Hall–Kier alpha value is -4.07. The van der Waals surface area contributed by atoms with Gasteiger partial charge >= 0.3 is 0 Å². The number of aromatic nitrogens is 6. The van der Waals surface area contributed by atoms with Crippen LogP contribution in [0.2, 0.25) is 0 Å². The van der Waals surface area contributed by atoms with E-state index in [0.29, 0.717) is 33.8 Å². The molecule has 0 fully saturated rings. The molecule has 3 N–H and O–H groups in total. The zero-order valence-electron chi connectivity index (χ0n) is 18.2. The molecule has 0 atom stereocenters. The molecule has 0 aliphatic heterocycles. The van der Waals surface area contributed by atoms with Crippen LogP contribution in [0, 0.1) is 5.92 Å². The van der Waals surface area contributed by atoms with Gasteiger partial charge < -0.3 is 10.3 Å². The van der Waals surface area contributed by atoms with Crippen LogP contribution in [0.3, 0.4) is 0 Å². The van der Waals surface area contributed by atoms with Crippen LogP contribution in [-0.2, 0) is 0 Å². The Morgan fingerprint density at radius 1 is 1.25 bits per heavy atom. The van der Waals surface area contributed by atoms with Crippen molar-refractivity contribution in [2.24, 2.45) is 5.92 Å². The molecule has 4 rings (SSSR count). The van der Waals surface area contributed by atoms with E-state index < -0.39 is 5.83 Å². The quantitative estimate of drug-likeness (QED) is 0.432. The van der Waals surface area contributed by atoms with Gasteiger partial charge in [-0.2, -0.15) is 5.10 Å². The van der Waals surface area contributed by atoms with Gasteiger partial charge in [-0.3, -0.25) is 10.1 Å². The van der Waals surface area contributed by atoms with Crippen LogP contribution in [0.5, 0.6) is 0 Å². The van der Waals surface area contributed by atoms with Crippen molar-refractivity contribution in [1.82, 2.24) is 30.1 Å². The topological polar surface area (TPSA) is 95.2 Å². The summed E-state index contributed by atoms with van der Waals surface area (Å²) in [6, 6.07) is 5.45. The zero-order chi connectivity index (χ0) is 22.8. The van der Waals surface area contributed by atoms with Gasteiger partial charge in [0, 0.05) is 29.2 Å². The highest BCUT2D eigenvalue weighted by atomic mass is 19.1. The molecule has 4 aromatic heterocycles. The van der Waals surface area contributed by atoms with Gasteiger partial charge in [0.25, 0.3) is 0 Å². The molecule has 0 saturated heterocycles. The van der Waals surface area contributed by atoms with E-state index >= 15 is 4.39 Å². The van der Waals surface area contributed by atoms with Crippen molar-refractivity contribution in [3.63, 3.8) is 0 Å². The maximum atomic E-state index is 15.8. The predicted octanol–water partition coefficient (Wildman–Crippen LogP) is 3.92. The summed E-state index contributed by atoms with van der Waals surface area (Å²) in [5, 5.41) is 11.2. The summed E-state index contributed by atoms with van der Waals surface area (Å²) < 4.78 is 15.8. The number of imidazole rings is 1. The molecular formula is C24H24FN7. The summed E-state index contributed by atoms with van der Waals surface area (Å²) >= 11 is 0. The zero-order valence-corrected chi connectivity index (χ0v) is 18.2. The first-order valence-electron chi connectivity index (χ1n) is 10.2. The Morgan fingerprint density at radius 3 is 2.78 bits per heavy atom. The Labute approximate surface area is 184 Å². The fourth-order valence-corrected chi connectivity index (χ4v) is 3.20. The van der Waals surface area contributed by atoms with Crippen molar-refractivity contribution in [2.75, 3.05) is 5.32 Å². The van der Waals surface area contributed by atoms with Crippen molar-refractivity contribution in [2.45, 2.75) is 20.8 Å². The predicted molar refractivity (Wildman–Crippen MR) is 126 cm³/mol. The highest BCUT2D eigenvalue weighted by Crippen LogP contribution is 2.25. The summed E-state index contributed by atoms with van der Waals surface area (Å²) in [4.78, 5) is 16.1. The summed E-state index contributed by atoms with van der Waals surface area (Å²) in [7, 11) is 0. The second-order valence-electron chi connectivity index (χ2n) is 7.67. The monoisotopic (exact) mass is 429 g/mol. The number of H-pyrrole nitrogens is 2. The molecule has 0 spiro atoms. The van der Waals surface area contributed by atoms with E-state index in [9.17, 15) is 0 Å². The number of nitrogens with one attached hydrogen (secondary N) is 3. The van der Waals surface area contributed by atoms with Crippen LogP contribution < -0.4 is 15.9 Å². The number of halogens is 1. The smallest absolute Gasteiger partial charge is 0.178 e. The lowest BCUT2D eigenvalue weighted by Crippen LogP contribution is -2.26. The third kappa shape index (κ3) is 3.94. The van der Waals surface area contributed by atoms with Gasteiger partial charge in [-0.05, 0) is 31.0 Å². The summed E-state index contributed by atoms with van der Waals surface area (Å²) in [6.45, 7) is 13.9. The normalized spacial score (nSPS) is 13.0. The molecule has 0 aliphatic rings. The van der Waals surface area contributed by atoms with Gasteiger partial charge in [-0.1, -0.05) is 33.1 Å². The first-order valence-corrected chi connectivity index (χ1v) is 10.2. The molecule has 8 heteroatoms. The van der Waals surface area contributed by atoms with Crippen LogP contribution in [0.1, 0.15) is 26.3 Å². The van der Waals surface area contributed by atoms with E-state index in [-0.39, 0.29) is 16.7 Å². The minimum Gasteiger partial charge on any atom is -0.358 e. The second kappa shape index (κ2) is 8.58. The molecule has 162 valence electrons. The van der Waals surface area contributed by atoms with Crippen molar-refractivity contribution in [3.05, 3.63) is 71.8 Å². The second-order valence-corrected chi connectivity index (χ2v) is 7.67. The molecule has 4 heterocycles. The average molecular weight is 430 g/mol. The van der Waals surface area contributed by atoms with Crippen LogP contribution >= 0.6 is 0 Å². The molecule has 0 unspecified atom stereocenters. The summed E-state index contributed by atoms with van der Waals surface area (Å²) in [5.74, 6) is 0.152. The number of aromatic amines is 2. The number of allylic oxidation sites excluding steroid dienone is 2. The Morgan fingerprint density at radius 2 is 2.06 bits per heavy atom. The van der Waals surface area contributed by atoms with Crippen molar-refractivity contribution in [1.29, 1.82) is 0 Å². The number of hydrogen-bond donors (Lipinski definition) is 3. The minimum absolute atomic E-state index is 0.191. The number of nitrogens with zero attached hydrogens (tertiary/aromatic N) is 4. The average Bonchev–Trinajstić information content (AvgIpc) is 3.41. The third-order valence-electron chi connectivity index (χ3n) is 5.14. The molecule has 0 bridgehead atoms. The third-order valence-corrected chi connectivity index (χ3v) is 5.14. The molecule has 4 aromatic rings. The summed E-state index contributed by atoms with van der Waals surface area (Å²) in [6.07, 6.45) is 6.65. The number of hydrogen-bond acceptors (Lipinski definition) is 5. The first-order chi connectivity index (χ1) is 15.4. The Bertz CT molecular complexity index is 1410. The lowest BCUT2D eigenvalue weighted by atomic mass is 10.1. The van der Waals surface area contributed by atoms with Crippen LogP contribution in [0.15, 0.2) is 55.6 Å². The maximum absolute atomic E-state index is 15.8. The number of fused-ring (bicyclic) bond motifs is 1. The van der Waals surface area contributed by atoms with Gasteiger partial charge in [0.2, 0.25) is 0 Å². The fraction of sp³-hybridized carbons (Fsp3) is 0.167. The minimum atomic E-state index is -0.517. The first kappa shape index (κ1) is 21.2. The molecular weight excluding hydrogens is 405 g/mol. The molecule has 7 nitrogen and oxygen atoms in total. The highest BCUT2D eigenvalue weighted by Gasteiger charge is 2.17. The standard InChI is InChI=1S/C24H24FN7/c1-6-18-20(22(32-31-18)24-29-19-8-7-9-27-23(19)30-24)21(25)14(4)16-10-17(12-26-11-16)28-15(5)13(2)3/h6-13,28,31H,4-5H2,1-3H3,(H,27,29,30)/b18-6+,21-20-. The Kier molecular flexibility index (Phi) is 5.68. The lowest BCUT2D eigenvalue weighted by molar-refractivity contribution is 0.764. The largest absolute Gasteiger partial charge is 0.358 e. The lowest BCUT2D eigenvalue weighted by Gasteiger charge is -2.13. The van der Waals surface area contributed by atoms with Gasteiger partial charge in [-0.25, -0.2) is 14.4 Å². The van der Waals surface area contributed by atoms with Crippen LogP contribution in [0.25, 0.3) is 40.2 Å². The highest BCUT2D eigenvalue weighted by molar-refractivity contribution is 5.94. The van der Waals surface area contributed by atoms with Gasteiger partial charge in [-0.15, -0.1) is 0 Å². The van der Waals surface area contributed by atoms with E-state index in [1.165, 1.54) is 0 Å². The van der Waals surface area contributed by atoms with Gasteiger partial charge in [0.15, 0.2) is 11.5 Å². The summed E-state index contributed by atoms with van der Waals surface area (Å²) in [5.41, 5.74) is 3.92. The number of rotatable bonds is 6. The van der Waals surface area contributed by atoms with E-state index in [1.54, 1.807) is 43.7 Å². The van der Waals surface area contributed by atoms with Crippen LogP contribution in [-0.4, -0.2) is 30.1 Å². The van der Waals surface area contributed by atoms with Crippen molar-refractivity contribution < 1.29 is 4.39 Å². The van der Waals surface area contributed by atoms with E-state index in [0.717, 1.165) is 11.2 Å². The molecule has 0 aromatic carbocycles. The molecule has 0 aliphatic carbocycles. The van der Waals surface area contributed by atoms with Crippen LogP contribution in [0.4, 0.5) is 10.1 Å². The van der Waals surface area contributed by atoms with Gasteiger partial charge in [0.1, 0.15) is 11.5 Å².